The number of aliphatic hydroxyl groups is 1. The molecule has 0 aromatic rings. The molecule has 0 aliphatic heterocycles. The van der Waals surface area contributed by atoms with E-state index < -0.39 is 97.5 Å². The molecule has 0 aliphatic rings. The number of carbonyl (C=O) groups excluding carboxylic acids is 4. The van der Waals surface area contributed by atoms with Crippen molar-refractivity contribution in [3.8, 4) is 0 Å². The van der Waals surface area contributed by atoms with Gasteiger partial charge in [0, 0.05) is 25.7 Å². The lowest BCUT2D eigenvalue weighted by Crippen LogP contribution is -2.30. The summed E-state index contributed by atoms with van der Waals surface area (Å²) in [7, 11) is -9.92. The molecule has 0 bridgehead atoms. The summed E-state index contributed by atoms with van der Waals surface area (Å²) < 4.78 is 68.7. The summed E-state index contributed by atoms with van der Waals surface area (Å²) in [5, 5.41) is 10.6. The van der Waals surface area contributed by atoms with E-state index in [0.717, 1.165) is 102 Å². The molecule has 3 unspecified atom stereocenters. The molecule has 0 radical (unpaired) electrons. The van der Waals surface area contributed by atoms with Crippen LogP contribution in [0, 0.1) is 11.8 Å². The van der Waals surface area contributed by atoms with Gasteiger partial charge in [-0.2, -0.15) is 0 Å². The number of hydrogen-bond donors (Lipinski definition) is 3. The SMILES string of the molecule is CCCCCCCCCCCCCCCCCCCCCCCC(=O)O[C@H](COC(=O)CCCCCCCCCCCCC(C)CC)COP(=O)(O)OC[C@@H](O)COP(=O)(O)OC[C@@H](COC(=O)CCCCCCCCCCCCCC)OC(=O)CCCCCCCCCCCCC(C)C. The number of phosphoric ester groups is 2. The summed E-state index contributed by atoms with van der Waals surface area (Å²) >= 11 is 0. The van der Waals surface area contributed by atoms with E-state index in [-0.39, 0.29) is 25.7 Å². The minimum atomic E-state index is -4.96. The summed E-state index contributed by atoms with van der Waals surface area (Å²) in [5.41, 5.74) is 0. The minimum absolute atomic E-state index is 0.106. The van der Waals surface area contributed by atoms with Gasteiger partial charge in [0.2, 0.25) is 0 Å². The predicted molar refractivity (Wildman–Crippen MR) is 409 cm³/mol. The zero-order valence-electron chi connectivity index (χ0n) is 65.5. The second kappa shape index (κ2) is 72.6. The van der Waals surface area contributed by atoms with Crippen LogP contribution in [-0.2, 0) is 65.4 Å². The highest BCUT2D eigenvalue weighted by molar-refractivity contribution is 7.47. The Kier molecular flexibility index (Phi) is 71.2. The van der Waals surface area contributed by atoms with Crippen LogP contribution in [-0.4, -0.2) is 96.7 Å². The van der Waals surface area contributed by atoms with E-state index in [1.54, 1.807) is 0 Å². The molecule has 0 aliphatic carbocycles. The van der Waals surface area contributed by atoms with E-state index in [0.29, 0.717) is 25.7 Å². The molecule has 594 valence electrons. The zero-order chi connectivity index (χ0) is 73.5. The maximum absolute atomic E-state index is 13.1. The van der Waals surface area contributed by atoms with E-state index in [1.165, 1.54) is 244 Å². The van der Waals surface area contributed by atoms with Crippen molar-refractivity contribution >= 4 is 39.5 Å². The second-order valence-electron chi connectivity index (χ2n) is 29.9. The minimum Gasteiger partial charge on any atom is -0.462 e. The third kappa shape index (κ3) is 73.0. The van der Waals surface area contributed by atoms with Crippen molar-refractivity contribution in [2.45, 2.75) is 445 Å². The number of esters is 4. The second-order valence-corrected chi connectivity index (χ2v) is 32.8. The van der Waals surface area contributed by atoms with Crippen LogP contribution in [0.15, 0.2) is 0 Å². The first-order valence-electron chi connectivity index (χ1n) is 42.0. The Bertz CT molecular complexity index is 1930. The quantitative estimate of drug-likeness (QED) is 0.0222. The number of phosphoric acid groups is 2. The van der Waals surface area contributed by atoms with Gasteiger partial charge in [0.15, 0.2) is 12.2 Å². The normalized spacial score (nSPS) is 14.2. The third-order valence-electron chi connectivity index (χ3n) is 19.3. The average Bonchev–Trinajstić information content (AvgIpc) is 1.40. The van der Waals surface area contributed by atoms with Crippen molar-refractivity contribution in [2.75, 3.05) is 39.6 Å². The van der Waals surface area contributed by atoms with Crippen molar-refractivity contribution in [1.82, 2.24) is 0 Å². The van der Waals surface area contributed by atoms with Crippen LogP contribution < -0.4 is 0 Å². The molecule has 0 saturated carbocycles. The van der Waals surface area contributed by atoms with E-state index in [1.807, 2.05) is 0 Å². The Balaban J connectivity index is 5.23. The van der Waals surface area contributed by atoms with Crippen LogP contribution in [0.2, 0.25) is 0 Å². The fraction of sp³-hybridized carbons (Fsp3) is 0.951. The monoisotopic (exact) mass is 1470 g/mol. The van der Waals surface area contributed by atoms with Crippen LogP contribution in [0.5, 0.6) is 0 Å². The Labute approximate surface area is 613 Å². The molecule has 3 N–H and O–H groups in total. The van der Waals surface area contributed by atoms with Crippen molar-refractivity contribution in [1.29, 1.82) is 0 Å². The highest BCUT2D eigenvalue weighted by Gasteiger charge is 2.30. The van der Waals surface area contributed by atoms with Gasteiger partial charge in [0.05, 0.1) is 26.4 Å². The van der Waals surface area contributed by atoms with Crippen molar-refractivity contribution in [2.24, 2.45) is 11.8 Å². The maximum Gasteiger partial charge on any atom is 0.472 e. The molecule has 100 heavy (non-hydrogen) atoms. The number of hydrogen-bond acceptors (Lipinski definition) is 15. The van der Waals surface area contributed by atoms with Gasteiger partial charge in [-0.3, -0.25) is 37.3 Å². The largest absolute Gasteiger partial charge is 0.472 e. The molecule has 19 heteroatoms. The van der Waals surface area contributed by atoms with Gasteiger partial charge in [0.25, 0.3) is 0 Å². The van der Waals surface area contributed by atoms with Gasteiger partial charge in [-0.1, -0.05) is 375 Å². The van der Waals surface area contributed by atoms with Crippen LogP contribution >= 0.6 is 15.6 Å². The molecule has 0 aromatic carbocycles. The molecular weight excluding hydrogens is 1310 g/mol. The van der Waals surface area contributed by atoms with Crippen molar-refractivity contribution < 1.29 is 80.2 Å². The van der Waals surface area contributed by atoms with Gasteiger partial charge in [0.1, 0.15) is 19.3 Å². The van der Waals surface area contributed by atoms with Gasteiger partial charge >= 0.3 is 39.5 Å². The molecule has 0 spiro atoms. The van der Waals surface area contributed by atoms with E-state index in [9.17, 15) is 43.2 Å². The van der Waals surface area contributed by atoms with Crippen molar-refractivity contribution in [3.05, 3.63) is 0 Å². The van der Waals surface area contributed by atoms with E-state index >= 15 is 0 Å². The molecule has 0 heterocycles. The molecular formula is C81H158O17P2. The Morgan fingerprint density at radius 3 is 0.760 bits per heavy atom. The standard InChI is InChI=1S/C81H158O17P2/c1-7-10-12-14-16-18-20-22-23-24-25-26-27-28-29-30-32-41-47-53-59-65-80(85)97-76(70-92-79(84)64-58-52-46-40-36-34-38-44-50-56-62-74(6)9-3)71-95-99(87,88)93-67-75(82)68-94-100(89,90)96-72-77(69-91-78(83)63-57-51-45-39-31-21-19-17-15-13-11-8-2)98-81(86)66-60-54-48-42-35-33-37-43-49-55-61-73(4)5/h73-77,82H,7-72H2,1-6H3,(H,87,88)(H,89,90)/t74?,75-,76-,77-/m1/s1. The van der Waals surface area contributed by atoms with Gasteiger partial charge in [-0.15, -0.1) is 0 Å². The van der Waals surface area contributed by atoms with Crippen LogP contribution in [0.1, 0.15) is 427 Å². The summed E-state index contributed by atoms with van der Waals surface area (Å²) in [6.07, 6.45) is 62.4. The summed E-state index contributed by atoms with van der Waals surface area (Å²) in [6, 6.07) is 0. The lowest BCUT2D eigenvalue weighted by molar-refractivity contribution is -0.161. The molecule has 0 saturated heterocycles. The number of unbranched alkanes of at least 4 members (excludes halogenated alkanes) is 49. The fourth-order valence-electron chi connectivity index (χ4n) is 12.5. The highest BCUT2D eigenvalue weighted by Crippen LogP contribution is 2.45. The van der Waals surface area contributed by atoms with Crippen LogP contribution in [0.4, 0.5) is 0 Å². The Morgan fingerprint density at radius 2 is 0.510 bits per heavy atom. The maximum atomic E-state index is 13.1. The summed E-state index contributed by atoms with van der Waals surface area (Å²) in [5.74, 6) is -0.547. The van der Waals surface area contributed by atoms with Crippen LogP contribution in [0.25, 0.3) is 0 Å². The molecule has 0 amide bonds. The zero-order valence-corrected chi connectivity index (χ0v) is 67.3. The number of carbonyl (C=O) groups is 4. The van der Waals surface area contributed by atoms with Gasteiger partial charge < -0.3 is 33.8 Å². The molecule has 0 fully saturated rings. The Hall–Kier alpha value is -1.94. The molecule has 0 aromatic heterocycles. The fourth-order valence-corrected chi connectivity index (χ4v) is 14.1. The van der Waals surface area contributed by atoms with Crippen LogP contribution in [0.3, 0.4) is 0 Å². The smallest absolute Gasteiger partial charge is 0.462 e. The van der Waals surface area contributed by atoms with E-state index in [2.05, 4.69) is 41.5 Å². The topological polar surface area (TPSA) is 237 Å². The predicted octanol–water partition coefficient (Wildman–Crippen LogP) is 24.3. The number of aliphatic hydroxyl groups excluding tert-OH is 1. The Morgan fingerprint density at radius 1 is 0.290 bits per heavy atom. The number of rotatable bonds is 80. The highest BCUT2D eigenvalue weighted by atomic mass is 31.2. The lowest BCUT2D eigenvalue weighted by atomic mass is 9.99. The van der Waals surface area contributed by atoms with Crippen molar-refractivity contribution in [3.63, 3.8) is 0 Å². The van der Waals surface area contributed by atoms with E-state index in [4.69, 9.17) is 37.0 Å². The average molecular weight is 1470 g/mol. The summed E-state index contributed by atoms with van der Waals surface area (Å²) in [6.45, 7) is 9.65. The third-order valence-corrected chi connectivity index (χ3v) is 21.2. The first kappa shape index (κ1) is 98.1. The first-order chi connectivity index (χ1) is 48.4. The summed E-state index contributed by atoms with van der Waals surface area (Å²) in [4.78, 5) is 73.0. The molecule has 0 rings (SSSR count). The first-order valence-corrected chi connectivity index (χ1v) is 45.0. The molecule has 17 nitrogen and oxygen atoms in total. The lowest BCUT2D eigenvalue weighted by Gasteiger charge is -2.21. The van der Waals surface area contributed by atoms with Gasteiger partial charge in [-0.25, -0.2) is 9.13 Å². The van der Waals surface area contributed by atoms with Gasteiger partial charge in [-0.05, 0) is 37.5 Å². The number of ether oxygens (including phenoxy) is 4. The molecule has 6 atom stereocenters.